The van der Waals surface area contributed by atoms with E-state index in [1.54, 1.807) is 0 Å². The number of rotatable bonds is 6. The predicted molar refractivity (Wildman–Crippen MR) is 90.0 cm³/mol. The van der Waals surface area contributed by atoms with Crippen LogP contribution in [0.2, 0.25) is 0 Å². The van der Waals surface area contributed by atoms with Crippen LogP contribution in [-0.2, 0) is 19.1 Å². The maximum atomic E-state index is 12.4. The highest BCUT2D eigenvalue weighted by molar-refractivity contribution is 5.87. The van der Waals surface area contributed by atoms with Gasteiger partial charge >= 0.3 is 5.97 Å². The topological polar surface area (TPSA) is 84.5 Å². The minimum Gasteiger partial charge on any atom is -0.467 e. The van der Waals surface area contributed by atoms with Crippen molar-refractivity contribution in [3.63, 3.8) is 0 Å². The van der Waals surface area contributed by atoms with Crippen LogP contribution in [-0.4, -0.2) is 36.5 Å². The number of esters is 1. The zero-order chi connectivity index (χ0) is 18.1. The molecule has 6 heteroatoms. The quantitative estimate of drug-likeness (QED) is 0.723. The lowest BCUT2D eigenvalue weighted by atomic mass is 9.85. The molecule has 2 amide bonds. The molecule has 0 bridgehead atoms. The summed E-state index contributed by atoms with van der Waals surface area (Å²) in [7, 11) is 1.30. The standard InChI is InChI=1S/C18H30N2O4/c1-11(9-17(2,3)4)14(21)19-13(16(23)24-5)8-12-10-18(6-7-18)20-15(12)22/h11-13H,6-10H2,1-5H3,(H,19,21)(H,20,22)/t11-,12+,13-/m0/s1. The Morgan fingerprint density at radius 3 is 2.46 bits per heavy atom. The van der Waals surface area contributed by atoms with E-state index in [2.05, 4.69) is 31.4 Å². The third-order valence-corrected chi connectivity index (χ3v) is 4.94. The fourth-order valence-corrected chi connectivity index (χ4v) is 3.62. The molecule has 1 heterocycles. The first-order valence-corrected chi connectivity index (χ1v) is 8.75. The number of carbonyl (C=O) groups excluding carboxylic acids is 3. The predicted octanol–water partition coefficient (Wildman–Crippen LogP) is 1.78. The van der Waals surface area contributed by atoms with Crippen molar-refractivity contribution in [2.24, 2.45) is 17.3 Å². The number of ether oxygens (including phenoxy) is 1. The SMILES string of the molecule is COC(=O)[C@H](C[C@@H]1CC2(CC2)NC1=O)NC(=O)[C@@H](C)CC(C)(C)C. The third kappa shape index (κ3) is 4.71. The van der Waals surface area contributed by atoms with E-state index in [9.17, 15) is 14.4 Å². The van der Waals surface area contributed by atoms with Crippen LogP contribution in [0.1, 0.15) is 59.8 Å². The molecule has 1 aliphatic heterocycles. The van der Waals surface area contributed by atoms with Crippen molar-refractivity contribution in [1.82, 2.24) is 10.6 Å². The average molecular weight is 338 g/mol. The molecule has 24 heavy (non-hydrogen) atoms. The molecule has 0 aromatic carbocycles. The molecule has 1 aliphatic carbocycles. The second-order valence-electron chi connectivity index (χ2n) is 8.66. The van der Waals surface area contributed by atoms with Gasteiger partial charge in [0.2, 0.25) is 11.8 Å². The zero-order valence-corrected chi connectivity index (χ0v) is 15.4. The zero-order valence-electron chi connectivity index (χ0n) is 15.4. The molecular formula is C18H30N2O4. The minimum atomic E-state index is -0.769. The van der Waals surface area contributed by atoms with Crippen LogP contribution in [0.3, 0.4) is 0 Å². The van der Waals surface area contributed by atoms with E-state index in [1.807, 2.05) is 6.92 Å². The molecule has 2 N–H and O–H groups in total. The normalized spacial score (nSPS) is 24.2. The number of hydrogen-bond donors (Lipinski definition) is 2. The van der Waals surface area contributed by atoms with Gasteiger partial charge in [-0.15, -0.1) is 0 Å². The van der Waals surface area contributed by atoms with Gasteiger partial charge in [0.05, 0.1) is 7.11 Å². The summed E-state index contributed by atoms with van der Waals surface area (Å²) in [5, 5.41) is 5.81. The van der Waals surface area contributed by atoms with E-state index < -0.39 is 12.0 Å². The Hall–Kier alpha value is -1.59. The Morgan fingerprint density at radius 2 is 2.00 bits per heavy atom. The number of hydrogen-bond acceptors (Lipinski definition) is 4. The van der Waals surface area contributed by atoms with Crippen molar-refractivity contribution in [3.8, 4) is 0 Å². The van der Waals surface area contributed by atoms with E-state index in [4.69, 9.17) is 4.74 Å². The van der Waals surface area contributed by atoms with Crippen LogP contribution in [0.5, 0.6) is 0 Å². The monoisotopic (exact) mass is 338 g/mol. The maximum Gasteiger partial charge on any atom is 0.328 e. The second-order valence-corrected chi connectivity index (χ2v) is 8.66. The summed E-state index contributed by atoms with van der Waals surface area (Å²) in [5.74, 6) is -1.12. The third-order valence-electron chi connectivity index (χ3n) is 4.94. The Labute approximate surface area is 144 Å². The Kier molecular flexibility index (Phi) is 5.25. The van der Waals surface area contributed by atoms with Crippen LogP contribution in [0.25, 0.3) is 0 Å². The van der Waals surface area contributed by atoms with Crippen molar-refractivity contribution in [2.75, 3.05) is 7.11 Å². The Bertz CT molecular complexity index is 520. The summed E-state index contributed by atoms with van der Waals surface area (Å²) in [5.41, 5.74) is -0.00678. The lowest BCUT2D eigenvalue weighted by Crippen LogP contribution is -2.45. The van der Waals surface area contributed by atoms with Crippen LogP contribution in [0, 0.1) is 17.3 Å². The summed E-state index contributed by atoms with van der Waals surface area (Å²) in [6.45, 7) is 8.09. The molecule has 0 aromatic heterocycles. The molecule has 1 spiro atoms. The molecule has 1 saturated carbocycles. The van der Waals surface area contributed by atoms with Crippen LogP contribution in [0.15, 0.2) is 0 Å². The van der Waals surface area contributed by atoms with Crippen molar-refractivity contribution < 1.29 is 19.1 Å². The molecule has 136 valence electrons. The molecule has 2 fully saturated rings. The van der Waals surface area contributed by atoms with E-state index in [0.717, 1.165) is 25.7 Å². The van der Waals surface area contributed by atoms with Gasteiger partial charge in [-0.05, 0) is 37.5 Å². The van der Waals surface area contributed by atoms with E-state index >= 15 is 0 Å². The van der Waals surface area contributed by atoms with Crippen molar-refractivity contribution in [2.45, 2.75) is 71.4 Å². The maximum absolute atomic E-state index is 12.4. The van der Waals surface area contributed by atoms with Gasteiger partial charge in [-0.2, -0.15) is 0 Å². The second kappa shape index (κ2) is 6.73. The molecule has 2 aliphatic rings. The van der Waals surface area contributed by atoms with Crippen molar-refractivity contribution in [1.29, 1.82) is 0 Å². The van der Waals surface area contributed by atoms with E-state index in [1.165, 1.54) is 7.11 Å². The largest absolute Gasteiger partial charge is 0.467 e. The first-order valence-electron chi connectivity index (χ1n) is 8.75. The van der Waals surface area contributed by atoms with Crippen LogP contribution in [0.4, 0.5) is 0 Å². The van der Waals surface area contributed by atoms with Crippen LogP contribution >= 0.6 is 0 Å². The summed E-state index contributed by atoms with van der Waals surface area (Å²) in [6, 6.07) is -0.769. The fraction of sp³-hybridized carbons (Fsp3) is 0.833. The van der Waals surface area contributed by atoms with Gasteiger partial charge in [0.1, 0.15) is 6.04 Å². The highest BCUT2D eigenvalue weighted by Gasteiger charge is 2.52. The minimum absolute atomic E-state index is 0.0154. The van der Waals surface area contributed by atoms with Gasteiger partial charge in [0.25, 0.3) is 0 Å². The molecule has 6 nitrogen and oxygen atoms in total. The first-order chi connectivity index (χ1) is 11.1. The number of nitrogens with one attached hydrogen (secondary N) is 2. The summed E-state index contributed by atoms with van der Waals surface area (Å²) in [6.07, 6.45) is 3.78. The molecule has 3 atom stereocenters. The summed E-state index contributed by atoms with van der Waals surface area (Å²) >= 11 is 0. The summed E-state index contributed by atoms with van der Waals surface area (Å²) < 4.78 is 4.82. The Balaban J connectivity index is 1.97. The number of methoxy groups -OCH3 is 1. The summed E-state index contributed by atoms with van der Waals surface area (Å²) in [4.78, 5) is 36.6. The lowest BCUT2D eigenvalue weighted by Gasteiger charge is -2.25. The highest BCUT2D eigenvalue weighted by atomic mass is 16.5. The fourth-order valence-electron chi connectivity index (χ4n) is 3.62. The van der Waals surface area contributed by atoms with E-state index in [0.29, 0.717) is 6.42 Å². The van der Waals surface area contributed by atoms with Crippen molar-refractivity contribution >= 4 is 17.8 Å². The first kappa shape index (κ1) is 18.7. The van der Waals surface area contributed by atoms with Gasteiger partial charge < -0.3 is 15.4 Å². The molecule has 0 unspecified atom stereocenters. The molecule has 0 radical (unpaired) electrons. The molecule has 0 aromatic rings. The number of carbonyl (C=O) groups is 3. The van der Waals surface area contributed by atoms with Crippen molar-refractivity contribution in [3.05, 3.63) is 0 Å². The van der Waals surface area contributed by atoms with Gasteiger partial charge in [-0.3, -0.25) is 9.59 Å². The lowest BCUT2D eigenvalue weighted by molar-refractivity contribution is -0.146. The Morgan fingerprint density at radius 1 is 1.38 bits per heavy atom. The molecular weight excluding hydrogens is 308 g/mol. The molecule has 2 rings (SSSR count). The van der Waals surface area contributed by atoms with Gasteiger partial charge in [-0.25, -0.2) is 4.79 Å². The smallest absolute Gasteiger partial charge is 0.328 e. The number of amides is 2. The average Bonchev–Trinajstić information content (AvgIpc) is 3.14. The highest BCUT2D eigenvalue weighted by Crippen LogP contribution is 2.46. The van der Waals surface area contributed by atoms with Gasteiger partial charge in [-0.1, -0.05) is 27.7 Å². The van der Waals surface area contributed by atoms with Gasteiger partial charge in [0, 0.05) is 17.4 Å². The molecule has 1 saturated heterocycles. The van der Waals surface area contributed by atoms with Crippen LogP contribution < -0.4 is 10.6 Å². The van der Waals surface area contributed by atoms with Gasteiger partial charge in [0.15, 0.2) is 0 Å². The van der Waals surface area contributed by atoms with E-state index in [-0.39, 0.29) is 34.6 Å².